The lowest BCUT2D eigenvalue weighted by Gasteiger charge is -2.18. The molecule has 0 atom stereocenters. The van der Waals surface area contributed by atoms with Crippen LogP contribution >= 0.6 is 0 Å². The fourth-order valence-corrected chi connectivity index (χ4v) is 1.58. The van der Waals surface area contributed by atoms with Crippen molar-refractivity contribution in [3.63, 3.8) is 0 Å². The van der Waals surface area contributed by atoms with Crippen LogP contribution < -0.4 is 4.90 Å². The van der Waals surface area contributed by atoms with E-state index in [1.165, 1.54) is 0 Å². The monoisotopic (exact) mass is 229 g/mol. The third-order valence-corrected chi connectivity index (χ3v) is 2.47. The maximum absolute atomic E-state index is 9.04. The second-order valence-electron chi connectivity index (χ2n) is 3.82. The molecule has 1 N–H and O–H groups in total. The van der Waals surface area contributed by atoms with Gasteiger partial charge >= 0.3 is 0 Å². The molecule has 0 aromatic carbocycles. The molecule has 2 aromatic heterocycles. The predicted octanol–water partition coefficient (Wildman–Crippen LogP) is 1.61. The zero-order valence-corrected chi connectivity index (χ0v) is 9.74. The van der Waals surface area contributed by atoms with Crippen LogP contribution in [0.4, 0.5) is 5.82 Å². The van der Waals surface area contributed by atoms with E-state index in [2.05, 4.69) is 9.97 Å². The summed E-state index contributed by atoms with van der Waals surface area (Å²) in [6.45, 7) is 0.661. The number of pyridine rings is 2. The molecule has 0 aliphatic carbocycles. The number of hydrogen-bond acceptors (Lipinski definition) is 4. The number of nitrogens with zero attached hydrogens (tertiary/aromatic N) is 3. The van der Waals surface area contributed by atoms with Crippen molar-refractivity contribution in [2.45, 2.75) is 13.2 Å². The molecule has 2 aromatic rings. The first kappa shape index (κ1) is 11.5. The Bertz CT molecular complexity index is 473. The number of aromatic nitrogens is 2. The summed E-state index contributed by atoms with van der Waals surface area (Å²) in [7, 11) is 1.96. The van der Waals surface area contributed by atoms with Crippen molar-refractivity contribution < 1.29 is 5.11 Å². The Morgan fingerprint density at radius 3 is 2.65 bits per heavy atom. The first-order chi connectivity index (χ1) is 8.29. The van der Waals surface area contributed by atoms with E-state index in [1.54, 1.807) is 12.3 Å². The average molecular weight is 229 g/mol. The summed E-state index contributed by atoms with van der Waals surface area (Å²) in [5.74, 6) is 0.835. The van der Waals surface area contributed by atoms with E-state index in [9.17, 15) is 0 Å². The van der Waals surface area contributed by atoms with Gasteiger partial charge in [-0.3, -0.25) is 4.98 Å². The summed E-state index contributed by atoms with van der Waals surface area (Å²) in [6, 6.07) is 11.5. The summed E-state index contributed by atoms with van der Waals surface area (Å²) < 4.78 is 0. The molecule has 0 unspecified atom stereocenters. The molecule has 0 spiro atoms. The van der Waals surface area contributed by atoms with E-state index in [4.69, 9.17) is 5.11 Å². The van der Waals surface area contributed by atoms with Crippen LogP contribution in [0.25, 0.3) is 0 Å². The smallest absolute Gasteiger partial charge is 0.128 e. The molecular weight excluding hydrogens is 214 g/mol. The minimum atomic E-state index is -0.0364. The Labute approximate surface area is 101 Å². The molecule has 4 heteroatoms. The molecular formula is C13H15N3O. The molecule has 0 amide bonds. The van der Waals surface area contributed by atoms with Crippen LogP contribution in [0.5, 0.6) is 0 Å². The predicted molar refractivity (Wildman–Crippen MR) is 66.5 cm³/mol. The number of hydrogen-bond donors (Lipinski definition) is 1. The highest BCUT2D eigenvalue weighted by Crippen LogP contribution is 2.12. The fraction of sp³-hybridized carbons (Fsp3) is 0.231. The standard InChI is InChI=1S/C13H15N3O/c1-16(9-11-5-2-3-8-14-11)13-7-4-6-12(10-17)15-13/h2-8,17H,9-10H2,1H3. The van der Waals surface area contributed by atoms with E-state index in [-0.39, 0.29) is 6.61 Å². The van der Waals surface area contributed by atoms with Crippen molar-refractivity contribution in [1.82, 2.24) is 9.97 Å². The summed E-state index contributed by atoms with van der Waals surface area (Å²) in [5, 5.41) is 9.04. The van der Waals surface area contributed by atoms with Crippen LogP contribution in [0.15, 0.2) is 42.6 Å². The summed E-state index contributed by atoms with van der Waals surface area (Å²) >= 11 is 0. The molecule has 0 saturated carbocycles. The Hall–Kier alpha value is -1.94. The third kappa shape index (κ3) is 3.01. The van der Waals surface area contributed by atoms with Crippen molar-refractivity contribution in [3.05, 3.63) is 54.0 Å². The molecule has 0 bridgehead atoms. The van der Waals surface area contributed by atoms with Gasteiger partial charge in [0.25, 0.3) is 0 Å². The molecule has 0 fully saturated rings. The lowest BCUT2D eigenvalue weighted by Crippen LogP contribution is -2.18. The van der Waals surface area contributed by atoms with Crippen LogP contribution in [0.2, 0.25) is 0 Å². The highest BCUT2D eigenvalue weighted by atomic mass is 16.3. The number of aliphatic hydroxyl groups is 1. The van der Waals surface area contributed by atoms with E-state index < -0.39 is 0 Å². The van der Waals surface area contributed by atoms with Crippen LogP contribution in [0, 0.1) is 0 Å². The molecule has 0 saturated heterocycles. The van der Waals surface area contributed by atoms with Crippen LogP contribution in [-0.2, 0) is 13.2 Å². The molecule has 17 heavy (non-hydrogen) atoms. The largest absolute Gasteiger partial charge is 0.390 e. The van der Waals surface area contributed by atoms with E-state index in [0.717, 1.165) is 11.5 Å². The number of anilines is 1. The second kappa shape index (κ2) is 5.41. The van der Waals surface area contributed by atoms with Crippen LogP contribution in [0.3, 0.4) is 0 Å². The van der Waals surface area contributed by atoms with Gasteiger partial charge in [0.2, 0.25) is 0 Å². The van der Waals surface area contributed by atoms with E-state index >= 15 is 0 Å². The first-order valence-electron chi connectivity index (χ1n) is 5.47. The second-order valence-corrected chi connectivity index (χ2v) is 3.82. The van der Waals surface area contributed by atoms with Crippen molar-refractivity contribution in [3.8, 4) is 0 Å². The van der Waals surface area contributed by atoms with Crippen LogP contribution in [-0.4, -0.2) is 22.1 Å². The SMILES string of the molecule is CN(Cc1ccccn1)c1cccc(CO)n1. The van der Waals surface area contributed by atoms with E-state index in [1.807, 2.05) is 42.3 Å². The molecule has 0 aliphatic heterocycles. The van der Waals surface area contributed by atoms with Crippen LogP contribution in [0.1, 0.15) is 11.4 Å². The molecule has 2 heterocycles. The van der Waals surface area contributed by atoms with Gasteiger partial charge in [0, 0.05) is 13.2 Å². The first-order valence-corrected chi connectivity index (χ1v) is 5.47. The molecule has 0 radical (unpaired) electrons. The zero-order chi connectivity index (χ0) is 12.1. The zero-order valence-electron chi connectivity index (χ0n) is 9.74. The van der Waals surface area contributed by atoms with Gasteiger partial charge in [0.05, 0.1) is 24.5 Å². The maximum atomic E-state index is 9.04. The van der Waals surface area contributed by atoms with Gasteiger partial charge in [0.15, 0.2) is 0 Å². The summed E-state index contributed by atoms with van der Waals surface area (Å²) in [5.41, 5.74) is 1.67. The van der Waals surface area contributed by atoms with E-state index in [0.29, 0.717) is 12.2 Å². The summed E-state index contributed by atoms with van der Waals surface area (Å²) in [4.78, 5) is 10.6. The topological polar surface area (TPSA) is 49.2 Å². The Morgan fingerprint density at radius 1 is 1.12 bits per heavy atom. The highest BCUT2D eigenvalue weighted by Gasteiger charge is 2.04. The summed E-state index contributed by atoms with van der Waals surface area (Å²) in [6.07, 6.45) is 1.78. The van der Waals surface area contributed by atoms with Crippen molar-refractivity contribution in [2.75, 3.05) is 11.9 Å². The van der Waals surface area contributed by atoms with Gasteiger partial charge in [-0.15, -0.1) is 0 Å². The Kier molecular flexibility index (Phi) is 3.67. The normalized spacial score (nSPS) is 10.2. The number of aliphatic hydroxyl groups excluding tert-OH is 1. The lowest BCUT2D eigenvalue weighted by atomic mass is 10.3. The minimum absolute atomic E-state index is 0.0364. The molecule has 88 valence electrons. The minimum Gasteiger partial charge on any atom is -0.390 e. The Morgan fingerprint density at radius 2 is 1.94 bits per heavy atom. The van der Waals surface area contributed by atoms with Crippen molar-refractivity contribution >= 4 is 5.82 Å². The van der Waals surface area contributed by atoms with Gasteiger partial charge in [-0.2, -0.15) is 0 Å². The van der Waals surface area contributed by atoms with Crippen molar-refractivity contribution in [1.29, 1.82) is 0 Å². The molecule has 4 nitrogen and oxygen atoms in total. The van der Waals surface area contributed by atoms with Gasteiger partial charge in [-0.05, 0) is 24.3 Å². The fourth-order valence-electron chi connectivity index (χ4n) is 1.58. The van der Waals surface area contributed by atoms with Gasteiger partial charge in [0.1, 0.15) is 5.82 Å². The Balaban J connectivity index is 2.11. The maximum Gasteiger partial charge on any atom is 0.128 e. The number of rotatable bonds is 4. The van der Waals surface area contributed by atoms with Gasteiger partial charge in [-0.25, -0.2) is 4.98 Å². The quantitative estimate of drug-likeness (QED) is 0.865. The third-order valence-electron chi connectivity index (χ3n) is 2.47. The highest BCUT2D eigenvalue weighted by molar-refractivity contribution is 5.38. The van der Waals surface area contributed by atoms with Gasteiger partial charge in [-0.1, -0.05) is 12.1 Å². The molecule has 0 aliphatic rings. The average Bonchev–Trinajstić information content (AvgIpc) is 2.40. The molecule has 2 rings (SSSR count). The lowest BCUT2D eigenvalue weighted by molar-refractivity contribution is 0.277. The van der Waals surface area contributed by atoms with Crippen molar-refractivity contribution in [2.24, 2.45) is 0 Å². The van der Waals surface area contributed by atoms with Gasteiger partial charge < -0.3 is 10.0 Å².